The van der Waals surface area contributed by atoms with E-state index in [1.54, 1.807) is 18.7 Å². The molecular weight excluding hydrogens is 280 g/mol. The first-order valence-electron chi connectivity index (χ1n) is 7.26. The summed E-state index contributed by atoms with van der Waals surface area (Å²) in [4.78, 5) is 18.7. The van der Waals surface area contributed by atoms with Gasteiger partial charge in [-0.1, -0.05) is 0 Å². The van der Waals surface area contributed by atoms with Gasteiger partial charge in [0, 0.05) is 25.4 Å². The van der Waals surface area contributed by atoms with Crippen molar-refractivity contribution in [2.24, 2.45) is 12.5 Å². The van der Waals surface area contributed by atoms with Crippen molar-refractivity contribution in [2.75, 3.05) is 26.0 Å². The van der Waals surface area contributed by atoms with Gasteiger partial charge in [-0.15, -0.1) is 10.2 Å². The number of amides is 1. The lowest BCUT2D eigenvalue weighted by Gasteiger charge is -2.19. The van der Waals surface area contributed by atoms with Gasteiger partial charge in [0.05, 0.1) is 17.3 Å². The summed E-state index contributed by atoms with van der Waals surface area (Å²) in [5.41, 5.74) is 1.27. The topological polar surface area (TPSA) is 75.9 Å². The highest BCUT2D eigenvalue weighted by Crippen LogP contribution is 2.46. The molecule has 2 aromatic heterocycles. The number of anilines is 1. The Bertz CT molecular complexity index is 689. The largest absolute Gasteiger partial charge is 0.324 e. The molecule has 0 unspecified atom stereocenters. The van der Waals surface area contributed by atoms with Crippen molar-refractivity contribution in [3.63, 3.8) is 0 Å². The number of rotatable bonds is 5. The molecule has 2 heterocycles. The van der Waals surface area contributed by atoms with Gasteiger partial charge in [0.2, 0.25) is 5.91 Å². The average molecular weight is 300 g/mol. The predicted octanol–water partition coefficient (Wildman–Crippen LogP) is 1.16. The Hall–Kier alpha value is -2.28. The van der Waals surface area contributed by atoms with Crippen LogP contribution in [-0.4, -0.2) is 51.2 Å². The van der Waals surface area contributed by atoms with Crippen LogP contribution in [-0.2, 0) is 11.8 Å². The third-order valence-electron chi connectivity index (χ3n) is 3.92. The van der Waals surface area contributed by atoms with Gasteiger partial charge in [-0.05, 0) is 33.0 Å². The van der Waals surface area contributed by atoms with Crippen LogP contribution in [0.25, 0.3) is 11.4 Å². The zero-order chi connectivity index (χ0) is 15.7. The van der Waals surface area contributed by atoms with Crippen LogP contribution >= 0.6 is 0 Å². The van der Waals surface area contributed by atoms with Gasteiger partial charge in [-0.25, -0.2) is 0 Å². The summed E-state index contributed by atoms with van der Waals surface area (Å²) in [7, 11) is 5.85. The van der Waals surface area contributed by atoms with Crippen LogP contribution in [0.1, 0.15) is 12.8 Å². The number of hydrogen-bond donors (Lipinski definition) is 1. The fourth-order valence-electron chi connectivity index (χ4n) is 2.65. The monoisotopic (exact) mass is 300 g/mol. The van der Waals surface area contributed by atoms with Crippen molar-refractivity contribution in [2.45, 2.75) is 12.8 Å². The SMILES string of the molecule is CN(C)CC1(C(=O)Nc2cncc(-c3nncn3C)c2)CC1. The summed E-state index contributed by atoms with van der Waals surface area (Å²) in [5.74, 6) is 0.788. The van der Waals surface area contributed by atoms with Crippen molar-refractivity contribution in [3.8, 4) is 11.4 Å². The maximum atomic E-state index is 12.5. The Balaban J connectivity index is 1.76. The number of nitrogens with zero attached hydrogens (tertiary/aromatic N) is 5. The summed E-state index contributed by atoms with van der Waals surface area (Å²) in [6.45, 7) is 0.773. The quantitative estimate of drug-likeness (QED) is 0.896. The first-order chi connectivity index (χ1) is 10.5. The van der Waals surface area contributed by atoms with Gasteiger partial charge in [0.15, 0.2) is 5.82 Å². The Morgan fingerprint density at radius 3 is 2.77 bits per heavy atom. The third kappa shape index (κ3) is 2.85. The number of nitrogens with one attached hydrogen (secondary N) is 1. The van der Waals surface area contributed by atoms with Crippen LogP contribution in [0.15, 0.2) is 24.8 Å². The molecule has 116 valence electrons. The molecule has 1 N–H and O–H groups in total. The molecule has 22 heavy (non-hydrogen) atoms. The van der Waals surface area contributed by atoms with E-state index in [0.717, 1.165) is 30.8 Å². The van der Waals surface area contributed by atoms with Crippen LogP contribution in [0, 0.1) is 5.41 Å². The van der Waals surface area contributed by atoms with Crippen molar-refractivity contribution in [1.82, 2.24) is 24.6 Å². The van der Waals surface area contributed by atoms with Crippen molar-refractivity contribution in [1.29, 1.82) is 0 Å². The lowest BCUT2D eigenvalue weighted by molar-refractivity contribution is -0.121. The first-order valence-corrected chi connectivity index (χ1v) is 7.26. The van der Waals surface area contributed by atoms with Gasteiger partial charge in [0.25, 0.3) is 0 Å². The second-order valence-electron chi connectivity index (χ2n) is 6.20. The molecule has 3 rings (SSSR count). The highest BCUT2D eigenvalue weighted by molar-refractivity contribution is 5.97. The number of aryl methyl sites for hydroxylation is 1. The first kappa shape index (κ1) is 14.6. The Morgan fingerprint density at radius 1 is 1.41 bits per heavy atom. The van der Waals surface area contributed by atoms with E-state index in [1.165, 1.54) is 0 Å². The highest BCUT2D eigenvalue weighted by Gasteiger charge is 2.49. The lowest BCUT2D eigenvalue weighted by Crippen LogP contribution is -2.33. The highest BCUT2D eigenvalue weighted by atomic mass is 16.2. The molecule has 0 spiro atoms. The second-order valence-corrected chi connectivity index (χ2v) is 6.20. The normalized spacial score (nSPS) is 15.8. The van der Waals surface area contributed by atoms with Crippen LogP contribution in [0.3, 0.4) is 0 Å². The Labute approximate surface area is 129 Å². The molecule has 1 fully saturated rings. The van der Waals surface area contributed by atoms with Crippen LogP contribution < -0.4 is 5.32 Å². The number of aromatic nitrogens is 4. The lowest BCUT2D eigenvalue weighted by atomic mass is 10.1. The number of carbonyl (C=O) groups is 1. The summed E-state index contributed by atoms with van der Waals surface area (Å²) in [6, 6.07) is 1.88. The molecule has 7 heteroatoms. The van der Waals surface area contributed by atoms with Gasteiger partial charge < -0.3 is 14.8 Å². The van der Waals surface area contributed by atoms with Gasteiger partial charge >= 0.3 is 0 Å². The number of hydrogen-bond acceptors (Lipinski definition) is 5. The van der Waals surface area contributed by atoms with Gasteiger partial charge in [-0.2, -0.15) is 0 Å². The number of carbonyl (C=O) groups excluding carboxylic acids is 1. The average Bonchev–Trinajstić information content (AvgIpc) is 3.11. The molecule has 0 atom stereocenters. The maximum absolute atomic E-state index is 12.5. The summed E-state index contributed by atoms with van der Waals surface area (Å²) in [6.07, 6.45) is 6.88. The van der Waals surface area contributed by atoms with E-state index in [-0.39, 0.29) is 11.3 Å². The second kappa shape index (κ2) is 5.49. The minimum atomic E-state index is -0.246. The predicted molar refractivity (Wildman–Crippen MR) is 83.1 cm³/mol. The van der Waals surface area contributed by atoms with E-state index >= 15 is 0 Å². The van der Waals surface area contributed by atoms with E-state index in [4.69, 9.17) is 0 Å². The molecule has 0 bridgehead atoms. The molecule has 1 aliphatic carbocycles. The van der Waals surface area contributed by atoms with E-state index in [0.29, 0.717) is 5.69 Å². The molecule has 2 aromatic rings. The zero-order valence-corrected chi connectivity index (χ0v) is 13.1. The fourth-order valence-corrected chi connectivity index (χ4v) is 2.65. The van der Waals surface area contributed by atoms with Crippen molar-refractivity contribution >= 4 is 11.6 Å². The minimum Gasteiger partial charge on any atom is -0.324 e. The molecule has 0 aromatic carbocycles. The van der Waals surface area contributed by atoms with E-state index in [1.807, 2.05) is 31.8 Å². The molecular formula is C15H20N6O. The molecule has 0 aliphatic heterocycles. The van der Waals surface area contributed by atoms with Crippen LogP contribution in [0.4, 0.5) is 5.69 Å². The molecule has 7 nitrogen and oxygen atoms in total. The van der Waals surface area contributed by atoms with Crippen molar-refractivity contribution in [3.05, 3.63) is 24.8 Å². The van der Waals surface area contributed by atoms with Gasteiger partial charge in [-0.3, -0.25) is 9.78 Å². The Morgan fingerprint density at radius 2 is 2.18 bits per heavy atom. The van der Waals surface area contributed by atoms with Crippen LogP contribution in [0.2, 0.25) is 0 Å². The molecule has 1 aliphatic rings. The molecule has 0 saturated heterocycles. The maximum Gasteiger partial charge on any atom is 0.231 e. The van der Waals surface area contributed by atoms with E-state index < -0.39 is 0 Å². The minimum absolute atomic E-state index is 0.0677. The van der Waals surface area contributed by atoms with Gasteiger partial charge in [0.1, 0.15) is 6.33 Å². The Kier molecular flexibility index (Phi) is 3.66. The summed E-state index contributed by atoms with van der Waals surface area (Å²) < 4.78 is 1.82. The summed E-state index contributed by atoms with van der Waals surface area (Å²) >= 11 is 0. The fraction of sp³-hybridized carbons (Fsp3) is 0.467. The van der Waals surface area contributed by atoms with Crippen LogP contribution in [0.5, 0.6) is 0 Å². The number of pyridine rings is 1. The van der Waals surface area contributed by atoms with E-state index in [9.17, 15) is 4.79 Å². The zero-order valence-electron chi connectivity index (χ0n) is 13.1. The third-order valence-corrected chi connectivity index (χ3v) is 3.92. The molecule has 1 amide bonds. The standard InChI is InChI=1S/C15H20N6O/c1-20(2)9-15(4-5-15)14(22)18-12-6-11(7-16-8-12)13-19-17-10-21(13)3/h6-8,10H,4-5,9H2,1-3H3,(H,18,22). The summed E-state index contributed by atoms with van der Waals surface area (Å²) in [5, 5.41) is 10.9. The molecule has 0 radical (unpaired) electrons. The molecule has 1 saturated carbocycles. The van der Waals surface area contributed by atoms with E-state index in [2.05, 4.69) is 25.4 Å². The van der Waals surface area contributed by atoms with Crippen molar-refractivity contribution < 1.29 is 4.79 Å². The smallest absolute Gasteiger partial charge is 0.231 e.